The molecule has 0 spiro atoms. The van der Waals surface area contributed by atoms with Crippen LogP contribution >= 0.6 is 34.2 Å². The predicted molar refractivity (Wildman–Crippen MR) is 87.4 cm³/mol. The zero-order chi connectivity index (χ0) is 13.0. The number of hydrogen-bond donors (Lipinski definition) is 1. The van der Waals surface area contributed by atoms with Gasteiger partial charge in [0.25, 0.3) is 0 Å². The Hall–Kier alpha value is -0.740. The monoisotopic (exact) mass is 371 g/mol. The predicted octanol–water partition coefficient (Wildman–Crippen LogP) is 4.99. The van der Waals surface area contributed by atoms with E-state index in [0.29, 0.717) is 6.04 Å². The molecule has 0 aromatic heterocycles. The van der Waals surface area contributed by atoms with Crippen molar-refractivity contribution in [2.24, 2.45) is 0 Å². The van der Waals surface area contributed by atoms with Gasteiger partial charge in [-0.05, 0) is 59.7 Å². The highest BCUT2D eigenvalue weighted by Crippen LogP contribution is 2.23. The van der Waals surface area contributed by atoms with Crippen molar-refractivity contribution in [2.45, 2.75) is 19.4 Å². The van der Waals surface area contributed by atoms with Gasteiger partial charge in [0.05, 0.1) is 0 Å². The lowest BCUT2D eigenvalue weighted by atomic mass is 10.1. The molecule has 0 aliphatic heterocycles. The maximum Gasteiger partial charge on any atom is 0.0479 e. The molecular formula is C15H15ClIN. The molecule has 2 rings (SSSR count). The first-order valence-electron chi connectivity index (χ1n) is 5.90. The largest absolute Gasteiger partial charge is 0.381 e. The maximum absolute atomic E-state index is 5.95. The summed E-state index contributed by atoms with van der Waals surface area (Å²) in [4.78, 5) is 0. The van der Waals surface area contributed by atoms with Gasteiger partial charge < -0.3 is 5.32 Å². The van der Waals surface area contributed by atoms with Crippen LogP contribution in [0, 0.1) is 3.57 Å². The number of rotatable bonds is 4. The van der Waals surface area contributed by atoms with Gasteiger partial charge in [-0.1, -0.05) is 41.9 Å². The topological polar surface area (TPSA) is 12.0 Å². The van der Waals surface area contributed by atoms with Crippen LogP contribution in [0.1, 0.15) is 12.5 Å². The molecule has 1 N–H and O–H groups in total. The fraction of sp³-hybridized carbons (Fsp3) is 0.200. The van der Waals surface area contributed by atoms with E-state index >= 15 is 0 Å². The molecule has 2 aromatic rings. The molecule has 0 amide bonds. The van der Waals surface area contributed by atoms with E-state index in [9.17, 15) is 0 Å². The zero-order valence-corrected chi connectivity index (χ0v) is 13.1. The van der Waals surface area contributed by atoms with Crippen LogP contribution in [-0.2, 0) is 6.42 Å². The molecule has 0 aliphatic carbocycles. The van der Waals surface area contributed by atoms with Crippen LogP contribution in [-0.4, -0.2) is 6.04 Å². The summed E-state index contributed by atoms with van der Waals surface area (Å²) < 4.78 is 1.15. The van der Waals surface area contributed by atoms with Crippen LogP contribution in [0.2, 0.25) is 5.02 Å². The van der Waals surface area contributed by atoms with Crippen LogP contribution in [0.3, 0.4) is 0 Å². The Morgan fingerprint density at radius 1 is 1.17 bits per heavy atom. The van der Waals surface area contributed by atoms with E-state index in [1.807, 2.05) is 24.3 Å². The second kappa shape index (κ2) is 6.43. The summed E-state index contributed by atoms with van der Waals surface area (Å²) >= 11 is 8.25. The highest BCUT2D eigenvalue weighted by molar-refractivity contribution is 14.1. The lowest BCUT2D eigenvalue weighted by molar-refractivity contribution is 0.789. The fourth-order valence-electron chi connectivity index (χ4n) is 1.89. The Kier molecular flexibility index (Phi) is 4.89. The van der Waals surface area contributed by atoms with Crippen molar-refractivity contribution < 1.29 is 0 Å². The number of anilines is 1. The molecule has 2 aromatic carbocycles. The molecule has 0 aliphatic rings. The van der Waals surface area contributed by atoms with Crippen molar-refractivity contribution in [3.63, 3.8) is 0 Å². The van der Waals surface area contributed by atoms with Gasteiger partial charge in [-0.25, -0.2) is 0 Å². The Morgan fingerprint density at radius 3 is 2.56 bits per heavy atom. The molecule has 94 valence electrons. The maximum atomic E-state index is 5.95. The van der Waals surface area contributed by atoms with Crippen molar-refractivity contribution in [2.75, 3.05) is 5.32 Å². The number of halogens is 2. The molecule has 3 heteroatoms. The first-order valence-corrected chi connectivity index (χ1v) is 7.36. The first-order chi connectivity index (χ1) is 8.65. The molecule has 18 heavy (non-hydrogen) atoms. The van der Waals surface area contributed by atoms with Crippen molar-refractivity contribution in [3.05, 3.63) is 62.7 Å². The quantitative estimate of drug-likeness (QED) is 0.747. The number of benzene rings is 2. The van der Waals surface area contributed by atoms with Gasteiger partial charge in [-0.15, -0.1) is 0 Å². The van der Waals surface area contributed by atoms with E-state index < -0.39 is 0 Å². The van der Waals surface area contributed by atoms with Gasteiger partial charge in [-0.2, -0.15) is 0 Å². The van der Waals surface area contributed by atoms with Gasteiger partial charge in [0.15, 0.2) is 0 Å². The molecule has 0 saturated heterocycles. The Labute approximate surface area is 127 Å². The van der Waals surface area contributed by atoms with Gasteiger partial charge >= 0.3 is 0 Å². The summed E-state index contributed by atoms with van der Waals surface area (Å²) in [5, 5.41) is 4.30. The molecule has 1 nitrogen and oxygen atoms in total. The standard InChI is InChI=1S/C15H15ClIN/c1-11(9-12-5-3-2-4-6-12)18-15-8-7-13(16)10-14(15)17/h2-8,10-11,18H,9H2,1H3. The number of nitrogens with one attached hydrogen (secondary N) is 1. The Balaban J connectivity index is 2.01. The number of hydrogen-bond acceptors (Lipinski definition) is 1. The average Bonchev–Trinajstić information content (AvgIpc) is 2.34. The summed E-state index contributed by atoms with van der Waals surface area (Å²) in [5.41, 5.74) is 2.49. The molecular weight excluding hydrogens is 357 g/mol. The minimum atomic E-state index is 0.391. The molecule has 0 fully saturated rings. The van der Waals surface area contributed by atoms with Gasteiger partial charge in [-0.3, -0.25) is 0 Å². The zero-order valence-electron chi connectivity index (χ0n) is 10.2. The van der Waals surface area contributed by atoms with Crippen LogP contribution in [0.5, 0.6) is 0 Å². The van der Waals surface area contributed by atoms with E-state index in [-0.39, 0.29) is 0 Å². The average molecular weight is 372 g/mol. The molecule has 0 saturated carbocycles. The minimum Gasteiger partial charge on any atom is -0.381 e. The minimum absolute atomic E-state index is 0.391. The third-order valence-electron chi connectivity index (χ3n) is 2.72. The van der Waals surface area contributed by atoms with E-state index in [1.165, 1.54) is 5.56 Å². The third kappa shape index (κ3) is 3.89. The Morgan fingerprint density at radius 2 is 1.89 bits per heavy atom. The molecule has 0 bridgehead atoms. The summed E-state index contributed by atoms with van der Waals surface area (Å²) in [7, 11) is 0. The van der Waals surface area contributed by atoms with Gasteiger partial charge in [0.1, 0.15) is 0 Å². The second-order valence-electron chi connectivity index (χ2n) is 4.36. The van der Waals surface area contributed by atoms with Gasteiger partial charge in [0.2, 0.25) is 0 Å². The lowest BCUT2D eigenvalue weighted by Crippen LogP contribution is -2.18. The lowest BCUT2D eigenvalue weighted by Gasteiger charge is -2.16. The molecule has 0 heterocycles. The smallest absolute Gasteiger partial charge is 0.0479 e. The first kappa shape index (κ1) is 13.7. The normalized spacial score (nSPS) is 12.2. The van der Waals surface area contributed by atoms with Gasteiger partial charge in [0, 0.05) is 20.3 Å². The van der Waals surface area contributed by atoms with Crippen LogP contribution in [0.15, 0.2) is 48.5 Å². The van der Waals surface area contributed by atoms with Crippen LogP contribution in [0.25, 0.3) is 0 Å². The second-order valence-corrected chi connectivity index (χ2v) is 5.96. The highest BCUT2D eigenvalue weighted by Gasteiger charge is 2.06. The summed E-state index contributed by atoms with van der Waals surface area (Å²) in [6.07, 6.45) is 1.01. The van der Waals surface area contributed by atoms with E-state index in [1.54, 1.807) is 0 Å². The molecule has 1 unspecified atom stereocenters. The van der Waals surface area contributed by atoms with Crippen molar-refractivity contribution in [3.8, 4) is 0 Å². The Bertz CT molecular complexity index is 513. The summed E-state index contributed by atoms with van der Waals surface area (Å²) in [5.74, 6) is 0. The van der Waals surface area contributed by atoms with Crippen molar-refractivity contribution >= 4 is 39.9 Å². The SMILES string of the molecule is CC(Cc1ccccc1)Nc1ccc(Cl)cc1I. The molecule has 0 radical (unpaired) electrons. The van der Waals surface area contributed by atoms with Crippen LogP contribution < -0.4 is 5.32 Å². The van der Waals surface area contributed by atoms with E-state index in [0.717, 1.165) is 20.7 Å². The summed E-state index contributed by atoms with van der Waals surface area (Å²) in [6.45, 7) is 2.19. The third-order valence-corrected chi connectivity index (χ3v) is 3.85. The molecule has 1 atom stereocenters. The van der Waals surface area contributed by atoms with Crippen molar-refractivity contribution in [1.29, 1.82) is 0 Å². The van der Waals surface area contributed by atoms with Crippen LogP contribution in [0.4, 0.5) is 5.69 Å². The van der Waals surface area contributed by atoms with E-state index in [2.05, 4.69) is 59.1 Å². The van der Waals surface area contributed by atoms with E-state index in [4.69, 9.17) is 11.6 Å². The fourth-order valence-corrected chi connectivity index (χ4v) is 2.92. The summed E-state index contributed by atoms with van der Waals surface area (Å²) in [6, 6.07) is 16.8. The van der Waals surface area contributed by atoms with Crippen molar-refractivity contribution in [1.82, 2.24) is 0 Å². The highest BCUT2D eigenvalue weighted by atomic mass is 127.